The average molecular weight is 1290 g/mol. The number of phenols is 1. The molecule has 1 aromatic heterocycles. The van der Waals surface area contributed by atoms with Gasteiger partial charge in [-0.3, -0.25) is 62.3 Å². The molecule has 2 aromatic carbocycles. The maximum Gasteiger partial charge on any atom is 0.328 e. The van der Waals surface area contributed by atoms with Crippen LogP contribution in [0.15, 0.2) is 54.7 Å². The number of hydrogen-bond donors (Lipinski definition) is 21. The summed E-state index contributed by atoms with van der Waals surface area (Å²) in [4.78, 5) is 187. The molecular formula is C56H79N13O22. The molecule has 0 fully saturated rings. The lowest BCUT2D eigenvalue weighted by Crippen LogP contribution is -2.62. The number of benzene rings is 2. The van der Waals surface area contributed by atoms with Crippen molar-refractivity contribution in [2.75, 3.05) is 13.1 Å². The summed E-state index contributed by atoms with van der Waals surface area (Å²) >= 11 is 0. The van der Waals surface area contributed by atoms with E-state index in [9.17, 15) is 108 Å². The lowest BCUT2D eigenvalue weighted by molar-refractivity contribution is -0.145. The maximum atomic E-state index is 14.3. The summed E-state index contributed by atoms with van der Waals surface area (Å²) in [6, 6.07) is -6.62. The minimum absolute atomic E-state index is 0.131. The van der Waals surface area contributed by atoms with Crippen LogP contribution in [-0.2, 0) is 80.0 Å². The molecule has 0 unspecified atom stereocenters. The van der Waals surface area contributed by atoms with Crippen molar-refractivity contribution in [1.82, 2.24) is 58.2 Å². The standard InChI is InChI=1S/C56H79N13O22/c1-25(47(81)67-44(26(2)70)54(88)62-34(11-7-8-18-57)49(83)69-46(28(4)72)56(90)91)60-50(84)38(21-42(77)78)64-52(86)39(22-43(79)80)65-51(85)36(19-29-12-14-31(73)15-13-29)66-55(89)45(27(3)71)68-53(87)37(20-30-24-59-33-10-6-5-9-32(30)33)63-48(82)35(16-17-41(75)76)61-40(74)23-58/h5-6,9-10,12-15,24-28,34-39,44-46,59,70-73H,7-8,11,16-23,57-58H2,1-4H3,(H,60,84)(H,61,74)(H,62,88)(H,63,82)(H,64,86)(H,65,85)(H,66,89)(H,67,81)(H,68,87)(H,69,83)(H,75,76)(H,77,78)(H,79,80)(H,90,91)/t25-,26+,27+,28+,34-,35-,36-,37-,38-,39-,44-,45-,46-/m0/s1. The second-order valence-corrected chi connectivity index (χ2v) is 21.2. The van der Waals surface area contributed by atoms with E-state index in [1.165, 1.54) is 30.5 Å². The first kappa shape index (κ1) is 75.4. The predicted octanol–water partition coefficient (Wildman–Crippen LogP) is -6.34. The lowest BCUT2D eigenvalue weighted by Gasteiger charge is -2.28. The van der Waals surface area contributed by atoms with Gasteiger partial charge in [0.25, 0.3) is 0 Å². The normalized spacial score (nSPS) is 15.4. The summed E-state index contributed by atoms with van der Waals surface area (Å²) in [5.74, 6) is -18.8. The van der Waals surface area contributed by atoms with Crippen molar-refractivity contribution in [1.29, 1.82) is 0 Å². The van der Waals surface area contributed by atoms with Gasteiger partial charge in [0.05, 0.1) is 37.7 Å². The molecule has 0 aliphatic heterocycles. The van der Waals surface area contributed by atoms with Crippen molar-refractivity contribution >= 4 is 93.9 Å². The first-order valence-corrected chi connectivity index (χ1v) is 28.4. The Labute approximate surface area is 519 Å². The number of carbonyl (C=O) groups is 14. The van der Waals surface area contributed by atoms with Crippen molar-refractivity contribution < 1.29 is 108 Å². The van der Waals surface area contributed by atoms with Crippen LogP contribution in [0.25, 0.3) is 10.9 Å². The number of aromatic amines is 1. The van der Waals surface area contributed by atoms with Gasteiger partial charge in [-0.25, -0.2) is 4.79 Å². The highest BCUT2D eigenvalue weighted by atomic mass is 16.4. The number of aliphatic carboxylic acids is 4. The van der Waals surface area contributed by atoms with Gasteiger partial charge in [0, 0.05) is 36.4 Å². The van der Waals surface area contributed by atoms with E-state index in [1.54, 1.807) is 24.3 Å². The number of para-hydroxylation sites is 1. The molecular weight excluding hydrogens is 1210 g/mol. The number of aliphatic hydroxyl groups is 3. The number of unbranched alkanes of at least 4 members (excludes halogenated alkanes) is 1. The number of H-pyrrole nitrogens is 1. The number of nitrogens with one attached hydrogen (secondary N) is 11. The highest BCUT2D eigenvalue weighted by molar-refractivity contribution is 6.00. The fourth-order valence-electron chi connectivity index (χ4n) is 8.83. The zero-order valence-corrected chi connectivity index (χ0v) is 49.9. The third kappa shape index (κ3) is 24.9. The Kier molecular flexibility index (Phi) is 30.3. The Balaban J connectivity index is 1.92. The number of aliphatic hydroxyl groups excluding tert-OH is 3. The Bertz CT molecular complexity index is 3080. The fraction of sp³-hybridized carbons (Fsp3) is 0.500. The maximum absolute atomic E-state index is 14.3. The van der Waals surface area contributed by atoms with Gasteiger partial charge in [-0.05, 0) is 89.2 Å². The molecule has 500 valence electrons. The SMILES string of the molecule is C[C@H](NC(=O)[C@H](CC(=O)O)NC(=O)[C@H](CC(=O)O)NC(=O)[C@H](Cc1ccc(O)cc1)NC(=O)[C@@H](NC(=O)[C@H](Cc1c[nH]c2ccccc12)NC(=O)[C@H](CCC(=O)O)NC(=O)CN)[C@@H](C)O)C(=O)N[C@H](C(=O)N[C@@H](CCCCN)C(=O)N[C@H](C(=O)O)[C@@H](C)O)[C@@H](C)O. The van der Waals surface area contributed by atoms with Crippen LogP contribution in [-0.4, -0.2) is 221 Å². The predicted molar refractivity (Wildman–Crippen MR) is 315 cm³/mol. The monoisotopic (exact) mass is 1290 g/mol. The first-order chi connectivity index (χ1) is 42.8. The van der Waals surface area contributed by atoms with Crippen molar-refractivity contribution in [2.45, 2.75) is 164 Å². The summed E-state index contributed by atoms with van der Waals surface area (Å²) in [5.41, 5.74) is 12.2. The number of carboxylic acid groups (broad SMARTS) is 4. The summed E-state index contributed by atoms with van der Waals surface area (Å²) in [5, 5.41) is 103. The van der Waals surface area contributed by atoms with Crippen LogP contribution in [0.2, 0.25) is 0 Å². The van der Waals surface area contributed by atoms with Gasteiger partial charge in [0.2, 0.25) is 59.1 Å². The molecule has 3 rings (SSSR count). The molecule has 35 nitrogen and oxygen atoms in total. The van der Waals surface area contributed by atoms with Crippen molar-refractivity contribution in [3.63, 3.8) is 0 Å². The largest absolute Gasteiger partial charge is 0.508 e. The van der Waals surface area contributed by atoms with Crippen LogP contribution >= 0.6 is 0 Å². The fourth-order valence-corrected chi connectivity index (χ4v) is 8.83. The topological polar surface area (TPSA) is 589 Å². The number of nitrogens with two attached hydrogens (primary N) is 2. The molecule has 0 aliphatic rings. The Morgan fingerprint density at radius 3 is 1.42 bits per heavy atom. The lowest BCUT2D eigenvalue weighted by atomic mass is 10.0. The van der Waals surface area contributed by atoms with E-state index in [-0.39, 0.29) is 37.1 Å². The third-order valence-corrected chi connectivity index (χ3v) is 13.8. The highest BCUT2D eigenvalue weighted by Crippen LogP contribution is 2.20. The van der Waals surface area contributed by atoms with Crippen LogP contribution in [0.4, 0.5) is 0 Å². The van der Waals surface area contributed by atoms with Crippen LogP contribution < -0.4 is 64.6 Å². The number of aromatic hydroxyl groups is 1. The average Bonchev–Trinajstić information content (AvgIpc) is 1.98. The highest BCUT2D eigenvalue weighted by Gasteiger charge is 2.38. The summed E-state index contributed by atoms with van der Waals surface area (Å²) < 4.78 is 0. The summed E-state index contributed by atoms with van der Waals surface area (Å²) in [7, 11) is 0. The zero-order chi connectivity index (χ0) is 68.4. The number of carbonyl (C=O) groups excluding carboxylic acids is 10. The quantitative estimate of drug-likeness (QED) is 0.0236. The van der Waals surface area contributed by atoms with Crippen molar-refractivity contribution in [2.24, 2.45) is 11.5 Å². The molecule has 23 N–H and O–H groups in total. The minimum Gasteiger partial charge on any atom is -0.508 e. The summed E-state index contributed by atoms with van der Waals surface area (Å²) in [6.07, 6.45) is -7.63. The van der Waals surface area contributed by atoms with Gasteiger partial charge in [-0.15, -0.1) is 0 Å². The van der Waals surface area contributed by atoms with Crippen LogP contribution in [0.3, 0.4) is 0 Å². The van der Waals surface area contributed by atoms with E-state index in [4.69, 9.17) is 11.5 Å². The smallest absolute Gasteiger partial charge is 0.328 e. The Morgan fingerprint density at radius 1 is 0.462 bits per heavy atom. The number of rotatable bonds is 39. The van der Waals surface area contributed by atoms with Crippen molar-refractivity contribution in [3.05, 3.63) is 65.9 Å². The molecule has 0 saturated carbocycles. The van der Waals surface area contributed by atoms with E-state index < -0.39 is 200 Å². The van der Waals surface area contributed by atoms with Crippen LogP contribution in [0, 0.1) is 0 Å². The molecule has 91 heavy (non-hydrogen) atoms. The summed E-state index contributed by atoms with van der Waals surface area (Å²) in [6.45, 7) is 3.79. The van der Waals surface area contributed by atoms with Crippen molar-refractivity contribution in [3.8, 4) is 5.75 Å². The molecule has 1 heterocycles. The van der Waals surface area contributed by atoms with Crippen LogP contribution in [0.1, 0.15) is 83.8 Å². The van der Waals surface area contributed by atoms with E-state index in [2.05, 4.69) is 52.8 Å². The van der Waals surface area contributed by atoms with E-state index in [1.807, 2.05) is 5.32 Å². The van der Waals surface area contributed by atoms with Gasteiger partial charge in [-0.1, -0.05) is 30.3 Å². The van der Waals surface area contributed by atoms with Gasteiger partial charge in [0.15, 0.2) is 6.04 Å². The first-order valence-electron chi connectivity index (χ1n) is 28.4. The number of hydrogen-bond acceptors (Lipinski definition) is 20. The number of aromatic nitrogens is 1. The van der Waals surface area contributed by atoms with Gasteiger partial charge in [-0.2, -0.15) is 0 Å². The molecule has 3 aromatic rings. The van der Waals surface area contributed by atoms with Crippen LogP contribution in [0.5, 0.6) is 5.75 Å². The van der Waals surface area contributed by atoms with E-state index in [0.717, 1.165) is 27.7 Å². The number of phenolic OH excluding ortho intramolecular Hbond substituents is 1. The zero-order valence-electron chi connectivity index (χ0n) is 49.9. The Morgan fingerprint density at radius 2 is 0.901 bits per heavy atom. The second-order valence-electron chi connectivity index (χ2n) is 21.2. The molecule has 0 aliphatic carbocycles. The molecule has 35 heteroatoms. The van der Waals surface area contributed by atoms with Gasteiger partial charge in [0.1, 0.15) is 60.1 Å². The molecule has 10 amide bonds. The minimum atomic E-state index is -2.21. The Hall–Kier alpha value is -9.84. The molecule has 0 saturated heterocycles. The number of carboxylic acids is 4. The molecule has 0 radical (unpaired) electrons. The molecule has 0 bridgehead atoms. The van der Waals surface area contributed by atoms with Gasteiger partial charge < -0.3 is 110 Å². The molecule has 13 atom stereocenters. The molecule has 0 spiro atoms. The van der Waals surface area contributed by atoms with Gasteiger partial charge >= 0.3 is 23.9 Å². The second kappa shape index (κ2) is 36.6. The van der Waals surface area contributed by atoms with E-state index in [0.29, 0.717) is 22.9 Å². The van der Waals surface area contributed by atoms with E-state index >= 15 is 0 Å². The number of amides is 10. The third-order valence-electron chi connectivity index (χ3n) is 13.8. The number of fused-ring (bicyclic) bond motifs is 1.